The minimum absolute atomic E-state index is 0.196. The second-order valence-corrected chi connectivity index (χ2v) is 6.80. The third-order valence-electron chi connectivity index (χ3n) is 4.10. The van der Waals surface area contributed by atoms with Crippen LogP contribution < -0.4 is 5.32 Å². The number of rotatable bonds is 4. The van der Waals surface area contributed by atoms with Crippen molar-refractivity contribution in [3.8, 4) is 0 Å². The number of amides is 2. The van der Waals surface area contributed by atoms with E-state index >= 15 is 0 Å². The first kappa shape index (κ1) is 19.4. The Morgan fingerprint density at radius 1 is 1.29 bits per heavy atom. The molecule has 0 aromatic carbocycles. The highest BCUT2D eigenvalue weighted by Gasteiger charge is 2.31. The van der Waals surface area contributed by atoms with E-state index in [4.69, 9.17) is 13.9 Å². The molecule has 3 heterocycles. The first-order chi connectivity index (χ1) is 13.3. The minimum Gasteiger partial charge on any atom is -0.465 e. The number of nitrogens with one attached hydrogen (secondary N) is 1. The average Bonchev–Trinajstić information content (AvgIpc) is 3.31. The summed E-state index contributed by atoms with van der Waals surface area (Å²) in [5, 5.41) is 13.5. The number of nitrogens with zero attached hydrogens (tertiary/aromatic N) is 2. The Kier molecular flexibility index (Phi) is 5.31. The molecule has 148 valence electrons. The predicted octanol–water partition coefficient (Wildman–Crippen LogP) is 2.41. The summed E-state index contributed by atoms with van der Waals surface area (Å²) in [6.07, 6.45) is -0.111. The number of carbonyl (C=O) groups excluding carboxylic acids is 3. The number of carbonyl (C=O) groups is 3. The monoisotopic (exact) mass is 409 g/mol. The Morgan fingerprint density at radius 2 is 2.04 bits per heavy atom. The number of esters is 1. The molecule has 0 aliphatic carbocycles. The van der Waals surface area contributed by atoms with E-state index in [0.29, 0.717) is 23.4 Å². The van der Waals surface area contributed by atoms with Gasteiger partial charge in [-0.3, -0.25) is 14.9 Å². The van der Waals surface area contributed by atoms with Gasteiger partial charge in [-0.1, -0.05) is 0 Å². The van der Waals surface area contributed by atoms with E-state index in [9.17, 15) is 24.5 Å². The first-order valence-electron chi connectivity index (χ1n) is 7.97. The fourth-order valence-electron chi connectivity index (χ4n) is 2.81. The Balaban J connectivity index is 1.91. The van der Waals surface area contributed by atoms with Gasteiger partial charge in [0.2, 0.25) is 0 Å². The van der Waals surface area contributed by atoms with Crippen molar-refractivity contribution in [2.45, 2.75) is 13.0 Å². The molecule has 12 heteroatoms. The number of hydrogen-bond donors (Lipinski definition) is 1. The van der Waals surface area contributed by atoms with Crippen molar-refractivity contribution in [1.82, 2.24) is 4.90 Å². The molecule has 0 saturated carbocycles. The lowest BCUT2D eigenvalue weighted by Crippen LogP contribution is -2.35. The summed E-state index contributed by atoms with van der Waals surface area (Å²) in [6.45, 7) is 0.566. The summed E-state index contributed by atoms with van der Waals surface area (Å²) in [4.78, 5) is 48.5. The molecular formula is C16H15N3O8S. The maximum Gasteiger partial charge on any atom is 0.433 e. The zero-order valence-electron chi connectivity index (χ0n) is 14.8. The number of anilines is 1. The lowest BCUT2D eigenvalue weighted by Gasteiger charge is -2.25. The van der Waals surface area contributed by atoms with Gasteiger partial charge in [0.1, 0.15) is 9.92 Å². The van der Waals surface area contributed by atoms with E-state index < -0.39 is 28.8 Å². The lowest BCUT2D eigenvalue weighted by atomic mass is 10.0. The molecule has 0 bridgehead atoms. The topological polar surface area (TPSA) is 141 Å². The summed E-state index contributed by atoms with van der Waals surface area (Å²) >= 11 is 1.12. The molecule has 1 aliphatic rings. The van der Waals surface area contributed by atoms with Crippen LogP contribution in [0, 0.1) is 10.1 Å². The highest BCUT2D eigenvalue weighted by atomic mass is 32.1. The Labute approximate surface area is 162 Å². The van der Waals surface area contributed by atoms with Crippen LogP contribution in [-0.4, -0.2) is 48.6 Å². The number of methoxy groups -OCH3 is 2. The van der Waals surface area contributed by atoms with Crippen LogP contribution in [0.4, 0.5) is 15.7 Å². The largest absolute Gasteiger partial charge is 0.465 e. The summed E-state index contributed by atoms with van der Waals surface area (Å²) in [7, 11) is 2.50. The van der Waals surface area contributed by atoms with Crippen LogP contribution in [0.25, 0.3) is 0 Å². The van der Waals surface area contributed by atoms with Gasteiger partial charge < -0.3 is 24.1 Å². The SMILES string of the molecule is COC(=O)c1c(NC(=O)c2ccc([N+](=O)[O-])o2)sc2c1CCN(C(=O)OC)C2. The van der Waals surface area contributed by atoms with Crippen molar-refractivity contribution < 1.29 is 33.2 Å². The maximum absolute atomic E-state index is 12.4. The summed E-state index contributed by atoms with van der Waals surface area (Å²) in [6, 6.07) is 2.22. The molecule has 0 atom stereocenters. The van der Waals surface area contributed by atoms with Gasteiger partial charge in [0.15, 0.2) is 5.76 Å². The van der Waals surface area contributed by atoms with Gasteiger partial charge in [-0.25, -0.2) is 9.59 Å². The second-order valence-electron chi connectivity index (χ2n) is 5.69. The van der Waals surface area contributed by atoms with Gasteiger partial charge in [0.05, 0.1) is 32.4 Å². The van der Waals surface area contributed by atoms with Gasteiger partial charge >= 0.3 is 17.9 Å². The van der Waals surface area contributed by atoms with Crippen LogP contribution in [0.2, 0.25) is 0 Å². The lowest BCUT2D eigenvalue weighted by molar-refractivity contribution is -0.402. The molecule has 0 unspecified atom stereocenters. The van der Waals surface area contributed by atoms with Crippen molar-refractivity contribution in [2.24, 2.45) is 0 Å². The van der Waals surface area contributed by atoms with E-state index in [0.717, 1.165) is 23.5 Å². The van der Waals surface area contributed by atoms with Crippen LogP contribution in [0.1, 0.15) is 31.4 Å². The number of nitro groups is 1. The Morgan fingerprint density at radius 3 is 2.64 bits per heavy atom. The Bertz CT molecular complexity index is 963. The molecule has 2 aromatic rings. The van der Waals surface area contributed by atoms with E-state index in [-0.39, 0.29) is 22.9 Å². The van der Waals surface area contributed by atoms with Gasteiger partial charge in [-0.05, 0) is 18.1 Å². The van der Waals surface area contributed by atoms with E-state index in [1.54, 1.807) is 0 Å². The van der Waals surface area contributed by atoms with Crippen molar-refractivity contribution >= 4 is 40.2 Å². The van der Waals surface area contributed by atoms with Crippen molar-refractivity contribution in [3.05, 3.63) is 44.0 Å². The van der Waals surface area contributed by atoms with E-state index in [1.165, 1.54) is 19.1 Å². The molecule has 1 N–H and O–H groups in total. The molecule has 0 fully saturated rings. The molecular weight excluding hydrogens is 394 g/mol. The van der Waals surface area contributed by atoms with Crippen molar-refractivity contribution in [2.75, 3.05) is 26.1 Å². The second kappa shape index (κ2) is 7.68. The smallest absolute Gasteiger partial charge is 0.433 e. The fourth-order valence-corrected chi connectivity index (χ4v) is 4.05. The molecule has 0 radical (unpaired) electrons. The quantitative estimate of drug-likeness (QED) is 0.461. The third kappa shape index (κ3) is 3.53. The molecule has 11 nitrogen and oxygen atoms in total. The molecule has 28 heavy (non-hydrogen) atoms. The number of thiophene rings is 1. The zero-order chi connectivity index (χ0) is 20.4. The van der Waals surface area contributed by atoms with Crippen LogP contribution >= 0.6 is 11.3 Å². The highest BCUT2D eigenvalue weighted by molar-refractivity contribution is 7.17. The van der Waals surface area contributed by atoms with E-state index in [1.807, 2.05) is 0 Å². The predicted molar refractivity (Wildman–Crippen MR) is 95.5 cm³/mol. The molecule has 3 rings (SSSR count). The standard InChI is InChI=1S/C16H15N3O8S/c1-25-15(21)12-8-5-6-18(16(22)26-2)7-10(8)28-14(12)17-13(20)9-3-4-11(27-9)19(23)24/h3-4H,5-7H2,1-2H3,(H,17,20). The zero-order valence-corrected chi connectivity index (χ0v) is 15.7. The summed E-state index contributed by atoms with van der Waals surface area (Å²) in [5.74, 6) is -2.23. The Hall–Kier alpha value is -3.41. The van der Waals surface area contributed by atoms with Crippen LogP contribution in [0.5, 0.6) is 0 Å². The maximum atomic E-state index is 12.4. The normalized spacial score (nSPS) is 12.9. The number of ether oxygens (including phenoxy) is 2. The molecule has 0 spiro atoms. The van der Waals surface area contributed by atoms with Crippen LogP contribution in [0.15, 0.2) is 16.5 Å². The number of fused-ring (bicyclic) bond motifs is 1. The van der Waals surface area contributed by atoms with E-state index in [2.05, 4.69) is 5.32 Å². The van der Waals surface area contributed by atoms with Gasteiger partial charge in [0, 0.05) is 11.4 Å². The van der Waals surface area contributed by atoms with Crippen molar-refractivity contribution in [3.63, 3.8) is 0 Å². The highest BCUT2D eigenvalue weighted by Crippen LogP contribution is 2.38. The number of furan rings is 1. The molecule has 0 saturated heterocycles. The molecule has 2 aromatic heterocycles. The van der Waals surface area contributed by atoms with Crippen LogP contribution in [-0.2, 0) is 22.4 Å². The van der Waals surface area contributed by atoms with Crippen molar-refractivity contribution in [1.29, 1.82) is 0 Å². The van der Waals surface area contributed by atoms with Crippen LogP contribution in [0.3, 0.4) is 0 Å². The molecule has 1 aliphatic heterocycles. The fraction of sp³-hybridized carbons (Fsp3) is 0.312. The van der Waals surface area contributed by atoms with Gasteiger partial charge in [0.25, 0.3) is 5.91 Å². The number of hydrogen-bond acceptors (Lipinski definition) is 9. The minimum atomic E-state index is -0.762. The molecule has 2 amide bonds. The third-order valence-corrected chi connectivity index (χ3v) is 5.23. The summed E-state index contributed by atoms with van der Waals surface area (Å²) < 4.78 is 14.4. The first-order valence-corrected chi connectivity index (χ1v) is 8.78. The average molecular weight is 409 g/mol. The van der Waals surface area contributed by atoms with Gasteiger partial charge in [-0.2, -0.15) is 0 Å². The summed E-state index contributed by atoms with van der Waals surface area (Å²) in [5.41, 5.74) is 0.874. The van der Waals surface area contributed by atoms with Gasteiger partial charge in [-0.15, -0.1) is 11.3 Å².